The molecule has 1 atom stereocenters. The maximum Gasteiger partial charge on any atom is 0.0118 e. The van der Waals surface area contributed by atoms with Gasteiger partial charge >= 0.3 is 0 Å². The molecule has 0 spiro atoms. The molecule has 0 amide bonds. The Balaban J connectivity index is 0.000000379. The molecule has 86 valence electrons. The second kappa shape index (κ2) is 7.28. The minimum atomic E-state index is 0.921. The van der Waals surface area contributed by atoms with Crippen LogP contribution in [0.25, 0.3) is 0 Å². The van der Waals surface area contributed by atoms with Crippen LogP contribution in [0.15, 0.2) is 0 Å². The normalized spacial score (nSPS) is 33.2. The second-order valence-electron chi connectivity index (χ2n) is 4.21. The molecule has 0 aliphatic heterocycles. The van der Waals surface area contributed by atoms with Gasteiger partial charge in [0.1, 0.15) is 0 Å². The Kier molecular flexibility index (Phi) is 7.26. The summed E-state index contributed by atoms with van der Waals surface area (Å²) in [5.74, 6) is 2.19. The Hall–Kier alpha value is -0.0400. The number of fused-ring (bicyclic) bond motifs is 2. The van der Waals surface area contributed by atoms with Crippen molar-refractivity contribution in [2.45, 2.75) is 59.4 Å². The van der Waals surface area contributed by atoms with Gasteiger partial charge in [0, 0.05) is 6.04 Å². The fraction of sp³-hybridized carbons (Fsp3) is 1.00. The second-order valence-corrected chi connectivity index (χ2v) is 4.21. The van der Waals surface area contributed by atoms with Crippen LogP contribution in [-0.4, -0.2) is 25.0 Å². The third-order valence-corrected chi connectivity index (χ3v) is 3.35. The van der Waals surface area contributed by atoms with E-state index in [4.69, 9.17) is 0 Å². The van der Waals surface area contributed by atoms with Crippen LogP contribution in [0.2, 0.25) is 0 Å². The van der Waals surface area contributed by atoms with Crippen molar-refractivity contribution in [1.29, 1.82) is 0 Å². The molecular weight excluding hydrogens is 170 g/mol. The van der Waals surface area contributed by atoms with Crippen molar-refractivity contribution < 1.29 is 0 Å². The third-order valence-electron chi connectivity index (χ3n) is 3.35. The Labute approximate surface area is 90.9 Å². The Morgan fingerprint density at radius 2 is 1.36 bits per heavy atom. The minimum absolute atomic E-state index is 0.921. The van der Waals surface area contributed by atoms with Gasteiger partial charge in [0.2, 0.25) is 0 Å². The van der Waals surface area contributed by atoms with Crippen molar-refractivity contribution in [1.82, 2.24) is 4.90 Å². The van der Waals surface area contributed by atoms with E-state index in [1.54, 1.807) is 0 Å². The molecule has 1 heteroatoms. The molecule has 3 aliphatic rings. The van der Waals surface area contributed by atoms with Crippen LogP contribution in [0.4, 0.5) is 0 Å². The molecular formula is C13H29N. The topological polar surface area (TPSA) is 3.24 Å². The summed E-state index contributed by atoms with van der Waals surface area (Å²) >= 11 is 0. The molecule has 1 nitrogen and oxygen atoms in total. The summed E-state index contributed by atoms with van der Waals surface area (Å²) in [7, 11) is 4.45. The van der Waals surface area contributed by atoms with Gasteiger partial charge in [-0.15, -0.1) is 0 Å². The van der Waals surface area contributed by atoms with Gasteiger partial charge in [0.15, 0.2) is 0 Å². The van der Waals surface area contributed by atoms with Gasteiger partial charge in [0.05, 0.1) is 0 Å². The first kappa shape index (κ1) is 14.0. The van der Waals surface area contributed by atoms with E-state index in [1.165, 1.54) is 25.7 Å². The lowest BCUT2D eigenvalue weighted by Crippen LogP contribution is -2.46. The molecule has 0 saturated heterocycles. The monoisotopic (exact) mass is 199 g/mol. The van der Waals surface area contributed by atoms with Crippen LogP contribution in [0.3, 0.4) is 0 Å². The molecule has 0 heterocycles. The molecule has 0 aromatic heterocycles. The Morgan fingerprint density at radius 3 is 1.57 bits per heavy atom. The van der Waals surface area contributed by atoms with E-state index in [1.807, 2.05) is 27.7 Å². The van der Waals surface area contributed by atoms with E-state index >= 15 is 0 Å². The first-order valence-corrected chi connectivity index (χ1v) is 6.44. The van der Waals surface area contributed by atoms with Gasteiger partial charge in [-0.05, 0) is 51.6 Å². The van der Waals surface area contributed by atoms with E-state index in [0.717, 1.165) is 17.9 Å². The van der Waals surface area contributed by atoms with Crippen LogP contribution in [0.5, 0.6) is 0 Å². The van der Waals surface area contributed by atoms with Crippen molar-refractivity contribution in [2.75, 3.05) is 14.1 Å². The summed E-state index contributed by atoms with van der Waals surface area (Å²) in [6, 6.07) is 0.921. The zero-order valence-corrected chi connectivity index (χ0v) is 11.0. The molecule has 0 radical (unpaired) electrons. The lowest BCUT2D eigenvalue weighted by Gasteiger charge is -2.49. The van der Waals surface area contributed by atoms with Crippen LogP contribution in [0, 0.1) is 11.8 Å². The average Bonchev–Trinajstić information content (AvgIpc) is 2.23. The highest BCUT2D eigenvalue weighted by molar-refractivity contribution is 4.93. The van der Waals surface area contributed by atoms with Gasteiger partial charge < -0.3 is 4.90 Å². The van der Waals surface area contributed by atoms with Crippen molar-refractivity contribution in [3.63, 3.8) is 0 Å². The van der Waals surface area contributed by atoms with Crippen LogP contribution in [0.1, 0.15) is 53.4 Å². The average molecular weight is 199 g/mol. The lowest BCUT2D eigenvalue weighted by atomic mass is 9.62. The highest BCUT2D eigenvalue weighted by atomic mass is 15.1. The molecule has 0 aromatic rings. The molecule has 1 unspecified atom stereocenters. The first-order valence-electron chi connectivity index (χ1n) is 6.44. The Bertz CT molecular complexity index is 122. The van der Waals surface area contributed by atoms with Gasteiger partial charge in [-0.1, -0.05) is 27.7 Å². The summed E-state index contributed by atoms with van der Waals surface area (Å²) < 4.78 is 0. The summed E-state index contributed by atoms with van der Waals surface area (Å²) in [4.78, 5) is 2.42. The van der Waals surface area contributed by atoms with E-state index in [0.29, 0.717) is 0 Å². The SMILES string of the molecule is CC.CC.CN(C)C1CCC2CC1C2. The number of rotatable bonds is 1. The number of hydrogen-bond donors (Lipinski definition) is 0. The van der Waals surface area contributed by atoms with Gasteiger partial charge in [-0.25, -0.2) is 0 Å². The molecule has 3 saturated carbocycles. The summed E-state index contributed by atoms with van der Waals surface area (Å²) in [6.07, 6.45) is 6.02. The number of nitrogens with zero attached hydrogens (tertiary/aromatic N) is 1. The van der Waals surface area contributed by atoms with E-state index in [-0.39, 0.29) is 0 Å². The van der Waals surface area contributed by atoms with Crippen molar-refractivity contribution in [3.8, 4) is 0 Å². The lowest BCUT2D eigenvalue weighted by molar-refractivity contribution is 0.0247. The molecule has 2 bridgehead atoms. The maximum atomic E-state index is 2.42. The molecule has 3 aliphatic carbocycles. The summed E-state index contributed by atoms with van der Waals surface area (Å²) in [5.41, 5.74) is 0. The van der Waals surface area contributed by atoms with Crippen molar-refractivity contribution in [2.24, 2.45) is 11.8 Å². The maximum absolute atomic E-state index is 2.42. The highest BCUT2D eigenvalue weighted by Gasteiger charge is 2.40. The van der Waals surface area contributed by atoms with E-state index in [2.05, 4.69) is 19.0 Å². The minimum Gasteiger partial charge on any atom is -0.306 e. The highest BCUT2D eigenvalue weighted by Crippen LogP contribution is 2.46. The van der Waals surface area contributed by atoms with E-state index < -0.39 is 0 Å². The molecule has 0 N–H and O–H groups in total. The standard InChI is InChI=1S/C9H17N.2C2H6/c1-10(2)9-4-3-7-5-8(9)6-7;2*1-2/h7-9H,3-6H2,1-2H3;2*1-2H3. The predicted molar refractivity (Wildman–Crippen MR) is 65.6 cm³/mol. The largest absolute Gasteiger partial charge is 0.306 e. The molecule has 3 rings (SSSR count). The van der Waals surface area contributed by atoms with Gasteiger partial charge in [-0.3, -0.25) is 0 Å². The zero-order chi connectivity index (χ0) is 11.1. The molecule has 0 aromatic carbocycles. The fourth-order valence-corrected chi connectivity index (χ4v) is 2.66. The van der Waals surface area contributed by atoms with Crippen molar-refractivity contribution >= 4 is 0 Å². The Morgan fingerprint density at radius 1 is 0.857 bits per heavy atom. The smallest absolute Gasteiger partial charge is 0.0118 e. The predicted octanol–water partition coefficient (Wildman–Crippen LogP) is 3.79. The van der Waals surface area contributed by atoms with Crippen LogP contribution >= 0.6 is 0 Å². The van der Waals surface area contributed by atoms with Crippen LogP contribution in [-0.2, 0) is 0 Å². The first-order chi connectivity index (χ1) is 6.77. The van der Waals surface area contributed by atoms with Gasteiger partial charge in [0.25, 0.3) is 0 Å². The van der Waals surface area contributed by atoms with Crippen molar-refractivity contribution in [3.05, 3.63) is 0 Å². The summed E-state index contributed by atoms with van der Waals surface area (Å²) in [6.45, 7) is 8.00. The zero-order valence-electron chi connectivity index (χ0n) is 11.0. The van der Waals surface area contributed by atoms with Gasteiger partial charge in [-0.2, -0.15) is 0 Å². The quantitative estimate of drug-likeness (QED) is 0.621. The third kappa shape index (κ3) is 3.27. The van der Waals surface area contributed by atoms with Crippen LogP contribution < -0.4 is 0 Å². The van der Waals surface area contributed by atoms with E-state index in [9.17, 15) is 0 Å². The summed E-state index contributed by atoms with van der Waals surface area (Å²) in [5, 5.41) is 0. The molecule has 3 fully saturated rings. The fourth-order valence-electron chi connectivity index (χ4n) is 2.66. The number of hydrogen-bond acceptors (Lipinski definition) is 1. The molecule has 14 heavy (non-hydrogen) atoms.